The van der Waals surface area contributed by atoms with Gasteiger partial charge in [-0.1, -0.05) is 19.4 Å². The minimum absolute atomic E-state index is 0.295. The number of ether oxygens (including phenoxy) is 2. The lowest BCUT2D eigenvalue weighted by atomic mass is 9.69. The molecule has 0 bridgehead atoms. The number of allylic oxidation sites excluding steroid dienone is 1. The number of hydrogen-bond donors (Lipinski definition) is 6. The predicted octanol–water partition coefficient (Wildman–Crippen LogP) is -0.560. The first-order valence-corrected chi connectivity index (χ1v) is 9.51. The summed E-state index contributed by atoms with van der Waals surface area (Å²) in [6, 6.07) is 0. The van der Waals surface area contributed by atoms with Gasteiger partial charge in [-0.2, -0.15) is 0 Å². The van der Waals surface area contributed by atoms with Gasteiger partial charge in [-0.15, -0.1) is 0 Å². The molecule has 27 heavy (non-hydrogen) atoms. The molecule has 0 aromatic carbocycles. The average molecular weight is 390 g/mol. The van der Waals surface area contributed by atoms with Crippen molar-refractivity contribution < 1.29 is 40.1 Å². The van der Waals surface area contributed by atoms with E-state index < -0.39 is 55.6 Å². The normalized spacial score (nSPS) is 40.9. The third kappa shape index (κ3) is 4.89. The van der Waals surface area contributed by atoms with Crippen LogP contribution >= 0.6 is 0 Å². The summed E-state index contributed by atoms with van der Waals surface area (Å²) in [6.45, 7) is 7.08. The number of hydrogen-bond acceptors (Lipinski definition) is 8. The van der Waals surface area contributed by atoms with Gasteiger partial charge in [0.1, 0.15) is 30.5 Å². The van der Waals surface area contributed by atoms with Crippen molar-refractivity contribution in [2.24, 2.45) is 5.41 Å². The summed E-state index contributed by atoms with van der Waals surface area (Å²) < 4.78 is 11.2. The van der Waals surface area contributed by atoms with Crippen LogP contribution in [0.25, 0.3) is 0 Å². The molecule has 8 unspecified atom stereocenters. The van der Waals surface area contributed by atoms with Crippen molar-refractivity contribution in [3.8, 4) is 0 Å². The van der Waals surface area contributed by atoms with Crippen LogP contribution in [0.1, 0.15) is 47.0 Å². The van der Waals surface area contributed by atoms with Gasteiger partial charge in [0, 0.05) is 0 Å². The number of aliphatic hydroxyl groups is 6. The van der Waals surface area contributed by atoms with Gasteiger partial charge < -0.3 is 40.1 Å². The molecule has 1 aliphatic heterocycles. The van der Waals surface area contributed by atoms with Crippen LogP contribution in [0.3, 0.4) is 0 Å². The molecule has 0 radical (unpaired) electrons. The first-order chi connectivity index (χ1) is 12.5. The zero-order valence-electron chi connectivity index (χ0n) is 16.4. The van der Waals surface area contributed by atoms with E-state index >= 15 is 0 Å². The Morgan fingerprint density at radius 1 is 1.15 bits per heavy atom. The second kappa shape index (κ2) is 8.84. The minimum atomic E-state index is -1.52. The van der Waals surface area contributed by atoms with Crippen molar-refractivity contribution in [1.29, 1.82) is 0 Å². The lowest BCUT2D eigenvalue weighted by Crippen LogP contribution is -2.60. The van der Waals surface area contributed by atoms with Crippen LogP contribution < -0.4 is 0 Å². The van der Waals surface area contributed by atoms with Gasteiger partial charge in [0.15, 0.2) is 6.29 Å². The topological polar surface area (TPSA) is 140 Å². The highest BCUT2D eigenvalue weighted by atomic mass is 16.7. The molecule has 2 aliphatic rings. The van der Waals surface area contributed by atoms with Crippen LogP contribution in [-0.4, -0.2) is 86.3 Å². The molecule has 0 spiro atoms. The first kappa shape index (κ1) is 22.7. The molecular formula is C19H34O8. The molecule has 1 heterocycles. The molecule has 0 amide bonds. The van der Waals surface area contributed by atoms with Gasteiger partial charge in [0.25, 0.3) is 0 Å². The Bertz CT molecular complexity index is 530. The summed E-state index contributed by atoms with van der Waals surface area (Å²) in [7, 11) is 0. The molecule has 8 heteroatoms. The van der Waals surface area contributed by atoms with E-state index in [9.17, 15) is 30.6 Å². The maximum Gasteiger partial charge on any atom is 0.187 e. The fourth-order valence-electron chi connectivity index (χ4n) is 4.09. The van der Waals surface area contributed by atoms with Gasteiger partial charge in [0.2, 0.25) is 0 Å². The Labute approximate surface area is 160 Å². The van der Waals surface area contributed by atoms with E-state index in [1.807, 2.05) is 20.8 Å². The van der Waals surface area contributed by atoms with Crippen LogP contribution in [0.2, 0.25) is 0 Å². The monoisotopic (exact) mass is 390 g/mol. The van der Waals surface area contributed by atoms with Gasteiger partial charge in [-0.05, 0) is 44.1 Å². The largest absolute Gasteiger partial charge is 0.394 e. The number of aliphatic hydroxyl groups excluding tert-OH is 6. The van der Waals surface area contributed by atoms with Crippen LogP contribution in [0.4, 0.5) is 0 Å². The molecular weight excluding hydrogens is 356 g/mol. The van der Waals surface area contributed by atoms with E-state index in [-0.39, 0.29) is 5.41 Å². The van der Waals surface area contributed by atoms with Crippen molar-refractivity contribution in [2.75, 3.05) is 6.61 Å². The van der Waals surface area contributed by atoms with Crippen LogP contribution in [0.5, 0.6) is 0 Å². The maximum atomic E-state index is 10.7. The van der Waals surface area contributed by atoms with Crippen LogP contribution in [-0.2, 0) is 9.47 Å². The highest BCUT2D eigenvalue weighted by Gasteiger charge is 2.47. The smallest absolute Gasteiger partial charge is 0.187 e. The van der Waals surface area contributed by atoms with Crippen molar-refractivity contribution in [1.82, 2.24) is 0 Å². The Morgan fingerprint density at radius 3 is 2.33 bits per heavy atom. The highest BCUT2D eigenvalue weighted by Crippen LogP contribution is 2.44. The van der Waals surface area contributed by atoms with Gasteiger partial charge in [-0.3, -0.25) is 0 Å². The SMILES string of the molecule is CC1=C(CCC(C)O)C(C)(C)CC(OC2OC(CO)C(O)C(O)C2O)C1O. The Hall–Kier alpha value is -0.580. The Kier molecular flexibility index (Phi) is 7.43. The molecule has 6 N–H and O–H groups in total. The van der Waals surface area contributed by atoms with Crippen LogP contribution in [0, 0.1) is 5.41 Å². The van der Waals surface area contributed by atoms with E-state index in [0.29, 0.717) is 19.3 Å². The highest BCUT2D eigenvalue weighted by molar-refractivity contribution is 5.28. The van der Waals surface area contributed by atoms with E-state index in [2.05, 4.69) is 0 Å². The van der Waals surface area contributed by atoms with Crippen LogP contribution in [0.15, 0.2) is 11.1 Å². The van der Waals surface area contributed by atoms with E-state index in [1.165, 1.54) is 0 Å². The fraction of sp³-hybridized carbons (Fsp3) is 0.895. The summed E-state index contributed by atoms with van der Waals surface area (Å²) in [4.78, 5) is 0. The molecule has 8 atom stereocenters. The second-order valence-electron chi connectivity index (χ2n) is 8.45. The molecule has 0 aromatic rings. The van der Waals surface area contributed by atoms with E-state index in [4.69, 9.17) is 9.47 Å². The lowest BCUT2D eigenvalue weighted by Gasteiger charge is -2.45. The van der Waals surface area contributed by atoms with E-state index in [0.717, 1.165) is 11.1 Å². The standard InChI is InChI=1S/C19H34O8/c1-9(21)5-6-11-10(2)14(22)12(7-19(11,3)4)26-18-17(25)16(24)15(23)13(8-20)27-18/h9,12-18,20-25H,5-8H2,1-4H3. The summed E-state index contributed by atoms with van der Waals surface area (Å²) in [5.74, 6) is 0. The van der Waals surface area contributed by atoms with Gasteiger partial charge in [0.05, 0.1) is 18.8 Å². The average Bonchev–Trinajstić information content (AvgIpc) is 2.59. The summed E-state index contributed by atoms with van der Waals surface area (Å²) >= 11 is 0. The molecule has 1 fully saturated rings. The predicted molar refractivity (Wildman–Crippen MR) is 96.7 cm³/mol. The number of rotatable bonds is 6. The molecule has 1 saturated heterocycles. The Morgan fingerprint density at radius 2 is 1.78 bits per heavy atom. The van der Waals surface area contributed by atoms with Crippen molar-refractivity contribution in [2.45, 2.75) is 96.0 Å². The van der Waals surface area contributed by atoms with Crippen molar-refractivity contribution in [3.63, 3.8) is 0 Å². The lowest BCUT2D eigenvalue weighted by molar-refractivity contribution is -0.318. The van der Waals surface area contributed by atoms with Crippen molar-refractivity contribution in [3.05, 3.63) is 11.1 Å². The van der Waals surface area contributed by atoms with Gasteiger partial charge in [-0.25, -0.2) is 0 Å². The fourth-order valence-corrected chi connectivity index (χ4v) is 4.09. The molecule has 158 valence electrons. The quantitative estimate of drug-likeness (QED) is 0.332. The zero-order chi connectivity index (χ0) is 20.5. The first-order valence-electron chi connectivity index (χ1n) is 9.51. The zero-order valence-corrected chi connectivity index (χ0v) is 16.4. The Balaban J connectivity index is 2.16. The summed E-state index contributed by atoms with van der Waals surface area (Å²) in [5.41, 5.74) is 1.54. The molecule has 1 aliphatic carbocycles. The molecule has 0 aromatic heterocycles. The molecule has 0 saturated carbocycles. The van der Waals surface area contributed by atoms with E-state index in [1.54, 1.807) is 6.92 Å². The second-order valence-corrected chi connectivity index (χ2v) is 8.45. The van der Waals surface area contributed by atoms with Crippen molar-refractivity contribution >= 4 is 0 Å². The molecule has 2 rings (SSSR count). The third-order valence-electron chi connectivity index (χ3n) is 5.77. The minimum Gasteiger partial charge on any atom is -0.394 e. The molecule has 8 nitrogen and oxygen atoms in total. The maximum absolute atomic E-state index is 10.7. The van der Waals surface area contributed by atoms with Gasteiger partial charge >= 0.3 is 0 Å². The summed E-state index contributed by atoms with van der Waals surface area (Å²) in [6.07, 6.45) is -7.12. The third-order valence-corrected chi connectivity index (χ3v) is 5.77. The summed E-state index contributed by atoms with van der Waals surface area (Å²) in [5, 5.41) is 59.5.